The number of hydrogen-bond donors (Lipinski definition) is 2. The average molecular weight is 566 g/mol. The first-order valence-corrected chi connectivity index (χ1v) is 13.7. The Kier molecular flexibility index (Phi) is 9.79. The van der Waals surface area contributed by atoms with Crippen LogP contribution in [0.2, 0.25) is 0 Å². The van der Waals surface area contributed by atoms with E-state index in [1.807, 2.05) is 18.2 Å². The van der Waals surface area contributed by atoms with Crippen LogP contribution in [0, 0.1) is 6.92 Å². The number of carbonyl (C=O) groups is 2. The molecule has 2 aromatic heterocycles. The van der Waals surface area contributed by atoms with Gasteiger partial charge in [-0.25, -0.2) is 4.98 Å². The summed E-state index contributed by atoms with van der Waals surface area (Å²) in [7, 11) is 3.16. The smallest absolute Gasteiger partial charge is 0.262 e. The number of rotatable bonds is 13. The predicted octanol–water partition coefficient (Wildman–Crippen LogP) is 3.58. The Balaban J connectivity index is 1.34. The van der Waals surface area contributed by atoms with E-state index in [4.69, 9.17) is 14.0 Å². The van der Waals surface area contributed by atoms with Crippen LogP contribution in [0.4, 0.5) is 5.82 Å². The molecule has 0 radical (unpaired) electrons. The van der Waals surface area contributed by atoms with Crippen molar-refractivity contribution in [2.24, 2.45) is 0 Å². The molecule has 4 aromatic rings. The van der Waals surface area contributed by atoms with Crippen LogP contribution in [-0.2, 0) is 22.6 Å². The van der Waals surface area contributed by atoms with Gasteiger partial charge in [0.25, 0.3) is 5.56 Å². The minimum atomic E-state index is -0.305. The second kappa shape index (κ2) is 13.7. The number of para-hydroxylation sites is 1. The summed E-state index contributed by atoms with van der Waals surface area (Å²) in [5, 5.41) is 10.2. The fourth-order valence-corrected chi connectivity index (χ4v) is 4.88. The number of nitrogens with one attached hydrogen (secondary N) is 2. The van der Waals surface area contributed by atoms with Crippen LogP contribution < -0.4 is 25.7 Å². The minimum absolute atomic E-state index is 0.0212. The SMILES string of the molecule is COc1ccc(CCNC(=O)CCCn2c(SCC(=O)Nc3cc(C)on3)nc3ccccc3c2=O)cc1OC. The van der Waals surface area contributed by atoms with Crippen molar-refractivity contribution in [1.29, 1.82) is 0 Å². The van der Waals surface area contributed by atoms with E-state index in [2.05, 4.69) is 20.8 Å². The number of aryl methyl sites for hydroxylation is 1. The number of methoxy groups -OCH3 is 2. The van der Waals surface area contributed by atoms with Crippen LogP contribution in [0.3, 0.4) is 0 Å². The number of fused-ring (bicyclic) bond motifs is 1. The zero-order chi connectivity index (χ0) is 28.5. The highest BCUT2D eigenvalue weighted by molar-refractivity contribution is 7.99. The standard InChI is InChI=1S/C28H31N5O6S/c1-18-15-24(32-39-18)31-26(35)17-40-28-30-21-8-5-4-7-20(21)27(36)33(28)14-6-9-25(34)29-13-12-19-10-11-22(37-2)23(16-19)38-3/h4-5,7-8,10-11,15-16H,6,9,12-14,17H2,1-3H3,(H,29,34)(H,31,32,35). The lowest BCUT2D eigenvalue weighted by Crippen LogP contribution is -2.27. The number of carbonyl (C=O) groups excluding carboxylic acids is 2. The Hall–Kier alpha value is -4.32. The first-order chi connectivity index (χ1) is 19.4. The molecule has 12 heteroatoms. The number of benzene rings is 2. The van der Waals surface area contributed by atoms with Gasteiger partial charge >= 0.3 is 0 Å². The minimum Gasteiger partial charge on any atom is -0.493 e. The number of ether oxygens (including phenoxy) is 2. The van der Waals surface area contributed by atoms with Gasteiger partial charge < -0.3 is 24.6 Å². The van der Waals surface area contributed by atoms with Crippen molar-refractivity contribution in [3.63, 3.8) is 0 Å². The van der Waals surface area contributed by atoms with Gasteiger partial charge in [0.05, 0.1) is 30.9 Å². The van der Waals surface area contributed by atoms with E-state index in [0.717, 1.165) is 17.3 Å². The van der Waals surface area contributed by atoms with Crippen molar-refractivity contribution in [2.75, 3.05) is 31.8 Å². The van der Waals surface area contributed by atoms with Crippen LogP contribution >= 0.6 is 11.8 Å². The van der Waals surface area contributed by atoms with Crippen LogP contribution in [0.15, 0.2) is 63.0 Å². The molecule has 0 saturated heterocycles. The Labute approximate surface area is 235 Å². The molecule has 40 heavy (non-hydrogen) atoms. The van der Waals surface area contributed by atoms with E-state index in [0.29, 0.717) is 58.5 Å². The van der Waals surface area contributed by atoms with Crippen molar-refractivity contribution in [3.05, 3.63) is 70.2 Å². The zero-order valence-electron chi connectivity index (χ0n) is 22.6. The average Bonchev–Trinajstić information content (AvgIpc) is 3.37. The van der Waals surface area contributed by atoms with E-state index in [9.17, 15) is 14.4 Å². The Morgan fingerprint density at radius 3 is 2.60 bits per heavy atom. The highest BCUT2D eigenvalue weighted by Gasteiger charge is 2.15. The third kappa shape index (κ3) is 7.41. The lowest BCUT2D eigenvalue weighted by Gasteiger charge is -2.13. The predicted molar refractivity (Wildman–Crippen MR) is 152 cm³/mol. The lowest BCUT2D eigenvalue weighted by molar-refractivity contribution is -0.121. The van der Waals surface area contributed by atoms with E-state index in [1.165, 1.54) is 4.57 Å². The third-order valence-corrected chi connectivity index (χ3v) is 7.00. The number of anilines is 1. The second-order valence-corrected chi connectivity index (χ2v) is 9.86. The summed E-state index contributed by atoms with van der Waals surface area (Å²) in [5.74, 6) is 1.80. The number of amides is 2. The molecule has 0 unspecified atom stereocenters. The molecule has 0 saturated carbocycles. The molecule has 4 rings (SSSR count). The molecule has 0 spiro atoms. The number of nitrogens with zero attached hydrogens (tertiary/aromatic N) is 3. The molecule has 2 amide bonds. The van der Waals surface area contributed by atoms with Gasteiger partial charge in [-0.1, -0.05) is 35.1 Å². The van der Waals surface area contributed by atoms with Gasteiger partial charge in [0.15, 0.2) is 22.5 Å². The molecule has 2 N–H and O–H groups in total. The highest BCUT2D eigenvalue weighted by Crippen LogP contribution is 2.27. The van der Waals surface area contributed by atoms with Gasteiger partial charge in [-0.15, -0.1) is 0 Å². The van der Waals surface area contributed by atoms with Crippen LogP contribution in [0.25, 0.3) is 10.9 Å². The van der Waals surface area contributed by atoms with Crippen LogP contribution in [0.5, 0.6) is 11.5 Å². The molecule has 11 nitrogen and oxygen atoms in total. The summed E-state index contributed by atoms with van der Waals surface area (Å²) in [6, 6.07) is 14.3. The lowest BCUT2D eigenvalue weighted by atomic mass is 10.1. The van der Waals surface area contributed by atoms with E-state index >= 15 is 0 Å². The van der Waals surface area contributed by atoms with Gasteiger partial charge in [-0.2, -0.15) is 0 Å². The summed E-state index contributed by atoms with van der Waals surface area (Å²) in [4.78, 5) is 42.8. The fourth-order valence-electron chi connectivity index (χ4n) is 4.06. The molecule has 0 atom stereocenters. The Morgan fingerprint density at radius 1 is 1.05 bits per heavy atom. The van der Waals surface area contributed by atoms with Crippen LogP contribution in [-0.4, -0.2) is 53.0 Å². The van der Waals surface area contributed by atoms with Crippen molar-refractivity contribution in [2.45, 2.75) is 37.9 Å². The number of aromatic nitrogens is 3. The Bertz CT molecular complexity index is 1550. The van der Waals surface area contributed by atoms with Gasteiger partial charge in [-0.3, -0.25) is 19.0 Å². The third-order valence-electron chi connectivity index (χ3n) is 6.02. The quantitative estimate of drug-likeness (QED) is 0.184. The van der Waals surface area contributed by atoms with Crippen LogP contribution in [0.1, 0.15) is 24.2 Å². The molecule has 210 valence electrons. The monoisotopic (exact) mass is 565 g/mol. The van der Waals surface area contributed by atoms with Gasteiger partial charge in [0, 0.05) is 25.6 Å². The first-order valence-electron chi connectivity index (χ1n) is 12.7. The van der Waals surface area contributed by atoms with E-state index in [1.54, 1.807) is 51.5 Å². The first kappa shape index (κ1) is 28.7. The number of hydrogen-bond acceptors (Lipinski definition) is 9. The normalized spacial score (nSPS) is 10.9. The Morgan fingerprint density at radius 2 is 1.85 bits per heavy atom. The molecule has 0 aliphatic carbocycles. The summed E-state index contributed by atoms with van der Waals surface area (Å²) in [5.41, 5.74) is 1.34. The van der Waals surface area contributed by atoms with Crippen molar-refractivity contribution in [1.82, 2.24) is 20.0 Å². The molecular weight excluding hydrogens is 534 g/mol. The van der Waals surface area contributed by atoms with Gasteiger partial charge in [0.1, 0.15) is 5.76 Å². The molecule has 2 heterocycles. The van der Waals surface area contributed by atoms with Gasteiger partial charge in [-0.05, 0) is 49.6 Å². The summed E-state index contributed by atoms with van der Waals surface area (Å²) in [6.07, 6.45) is 1.30. The molecule has 0 aliphatic heterocycles. The van der Waals surface area contributed by atoms with E-state index in [-0.39, 0.29) is 36.1 Å². The second-order valence-electron chi connectivity index (χ2n) is 8.92. The maximum atomic E-state index is 13.3. The van der Waals surface area contributed by atoms with Crippen molar-refractivity contribution < 1.29 is 23.6 Å². The maximum Gasteiger partial charge on any atom is 0.262 e. The molecule has 2 aromatic carbocycles. The summed E-state index contributed by atoms with van der Waals surface area (Å²) in [6.45, 7) is 2.48. The van der Waals surface area contributed by atoms with Crippen molar-refractivity contribution in [3.8, 4) is 11.5 Å². The van der Waals surface area contributed by atoms with E-state index < -0.39 is 0 Å². The summed E-state index contributed by atoms with van der Waals surface area (Å²) >= 11 is 1.15. The molecular formula is C28H31N5O6S. The van der Waals surface area contributed by atoms with Crippen molar-refractivity contribution >= 4 is 40.3 Å². The zero-order valence-corrected chi connectivity index (χ0v) is 23.4. The molecule has 0 fully saturated rings. The summed E-state index contributed by atoms with van der Waals surface area (Å²) < 4.78 is 17.1. The molecule has 0 aliphatic rings. The highest BCUT2D eigenvalue weighted by atomic mass is 32.2. The number of thioether (sulfide) groups is 1. The molecule has 0 bridgehead atoms. The fraction of sp³-hybridized carbons (Fsp3) is 0.321. The topological polar surface area (TPSA) is 138 Å². The maximum absolute atomic E-state index is 13.3. The van der Waals surface area contributed by atoms with Gasteiger partial charge in [0.2, 0.25) is 11.8 Å². The largest absolute Gasteiger partial charge is 0.493 e.